The second-order valence-electron chi connectivity index (χ2n) is 5.21. The first-order valence-electron chi connectivity index (χ1n) is 6.71. The van der Waals surface area contributed by atoms with Crippen LogP contribution in [0.1, 0.15) is 19.9 Å². The lowest BCUT2D eigenvalue weighted by atomic mass is 10.1. The fourth-order valence-electron chi connectivity index (χ4n) is 2.53. The Morgan fingerprint density at radius 3 is 2.43 bits per heavy atom. The molecule has 0 fully saturated rings. The van der Waals surface area contributed by atoms with E-state index in [1.807, 2.05) is 30.3 Å². The molecule has 1 heterocycles. The molecule has 3 nitrogen and oxygen atoms in total. The number of rotatable bonds is 2. The minimum Gasteiger partial charge on any atom is -0.397 e. The van der Waals surface area contributed by atoms with Crippen LogP contribution in [-0.4, -0.2) is 9.55 Å². The highest BCUT2D eigenvalue weighted by Gasteiger charge is 2.19. The lowest BCUT2D eigenvalue weighted by Crippen LogP contribution is -2.05. The molecule has 1 aromatic heterocycles. The van der Waals surface area contributed by atoms with E-state index in [4.69, 9.17) is 33.9 Å². The van der Waals surface area contributed by atoms with Gasteiger partial charge in [-0.1, -0.05) is 35.3 Å². The van der Waals surface area contributed by atoms with Crippen molar-refractivity contribution in [3.05, 3.63) is 46.4 Å². The van der Waals surface area contributed by atoms with Crippen molar-refractivity contribution in [1.82, 2.24) is 9.55 Å². The van der Waals surface area contributed by atoms with Gasteiger partial charge < -0.3 is 10.3 Å². The molecule has 2 aromatic carbocycles. The average molecular weight is 320 g/mol. The van der Waals surface area contributed by atoms with Crippen LogP contribution in [0, 0.1) is 0 Å². The van der Waals surface area contributed by atoms with Gasteiger partial charge >= 0.3 is 0 Å². The second kappa shape index (κ2) is 5.24. The maximum atomic E-state index is 6.36. The van der Waals surface area contributed by atoms with E-state index in [9.17, 15) is 0 Å². The number of hydrogen-bond donors (Lipinski definition) is 1. The highest BCUT2D eigenvalue weighted by Crippen LogP contribution is 2.36. The summed E-state index contributed by atoms with van der Waals surface area (Å²) in [5.41, 5.74) is 9.25. The van der Waals surface area contributed by atoms with Gasteiger partial charge in [-0.2, -0.15) is 0 Å². The second-order valence-corrected chi connectivity index (χ2v) is 6.02. The van der Waals surface area contributed by atoms with Crippen LogP contribution in [-0.2, 0) is 0 Å². The van der Waals surface area contributed by atoms with Gasteiger partial charge in [0.1, 0.15) is 5.82 Å². The summed E-state index contributed by atoms with van der Waals surface area (Å²) in [6, 6.07) is 11.5. The normalized spacial score (nSPS) is 11.5. The standard InChI is InChI=1S/C16H15Cl2N3/c1-9(2)21-15-12(18)7-4-8-13(15)20-16(21)10-5-3-6-11(17)14(10)19/h3-9H,19H2,1-2H3. The zero-order valence-corrected chi connectivity index (χ0v) is 13.3. The predicted octanol–water partition coefficient (Wildman–Crippen LogP) is 5.17. The van der Waals surface area contributed by atoms with Crippen LogP contribution in [0.5, 0.6) is 0 Å². The van der Waals surface area contributed by atoms with Gasteiger partial charge in [-0.3, -0.25) is 0 Å². The lowest BCUT2D eigenvalue weighted by molar-refractivity contribution is 0.624. The molecule has 0 aliphatic carbocycles. The molecule has 0 unspecified atom stereocenters. The third-order valence-corrected chi connectivity index (χ3v) is 4.11. The number of aromatic nitrogens is 2. The Labute approximate surface area is 133 Å². The third-order valence-electron chi connectivity index (χ3n) is 3.47. The largest absolute Gasteiger partial charge is 0.397 e. The van der Waals surface area contributed by atoms with Gasteiger partial charge in [-0.25, -0.2) is 4.98 Å². The molecular formula is C16H15Cl2N3. The van der Waals surface area contributed by atoms with E-state index < -0.39 is 0 Å². The fourth-order valence-corrected chi connectivity index (χ4v) is 2.97. The molecule has 0 aliphatic heterocycles. The first-order valence-corrected chi connectivity index (χ1v) is 7.47. The van der Waals surface area contributed by atoms with E-state index >= 15 is 0 Å². The Kier molecular flexibility index (Phi) is 3.56. The van der Waals surface area contributed by atoms with Crippen LogP contribution in [0.3, 0.4) is 0 Å². The predicted molar refractivity (Wildman–Crippen MR) is 90.0 cm³/mol. The summed E-state index contributed by atoms with van der Waals surface area (Å²) >= 11 is 12.5. The number of fused-ring (bicyclic) bond motifs is 1. The van der Waals surface area contributed by atoms with E-state index in [0.717, 1.165) is 22.4 Å². The zero-order chi connectivity index (χ0) is 15.1. The van der Waals surface area contributed by atoms with Gasteiger partial charge in [0, 0.05) is 11.6 Å². The Morgan fingerprint density at radius 2 is 1.71 bits per heavy atom. The summed E-state index contributed by atoms with van der Waals surface area (Å²) < 4.78 is 2.10. The number of benzene rings is 2. The van der Waals surface area contributed by atoms with Crippen molar-refractivity contribution in [2.24, 2.45) is 0 Å². The molecule has 0 aliphatic rings. The molecule has 0 spiro atoms. The van der Waals surface area contributed by atoms with Crippen LogP contribution in [0.4, 0.5) is 5.69 Å². The lowest BCUT2D eigenvalue weighted by Gasteiger charge is -2.15. The number of anilines is 1. The van der Waals surface area contributed by atoms with Crippen molar-refractivity contribution in [1.29, 1.82) is 0 Å². The van der Waals surface area contributed by atoms with Crippen LogP contribution >= 0.6 is 23.2 Å². The highest BCUT2D eigenvalue weighted by molar-refractivity contribution is 6.35. The number of nitrogens with zero attached hydrogens (tertiary/aromatic N) is 2. The third kappa shape index (κ3) is 2.27. The molecule has 108 valence electrons. The molecule has 5 heteroatoms. The fraction of sp³-hybridized carbons (Fsp3) is 0.188. The minimum atomic E-state index is 0.197. The zero-order valence-electron chi connectivity index (χ0n) is 11.8. The van der Waals surface area contributed by atoms with Crippen molar-refractivity contribution >= 4 is 39.9 Å². The first-order chi connectivity index (χ1) is 10.0. The molecule has 0 radical (unpaired) electrons. The summed E-state index contributed by atoms with van der Waals surface area (Å²) in [5.74, 6) is 0.785. The number of imidazole rings is 1. The molecule has 0 amide bonds. The number of nitrogens with two attached hydrogens (primary N) is 1. The van der Waals surface area contributed by atoms with Crippen LogP contribution < -0.4 is 5.73 Å². The summed E-state index contributed by atoms with van der Waals surface area (Å²) in [7, 11) is 0. The first kappa shape index (κ1) is 14.2. The maximum absolute atomic E-state index is 6.36. The van der Waals surface area contributed by atoms with Crippen LogP contribution in [0.2, 0.25) is 10.0 Å². The van der Waals surface area contributed by atoms with Gasteiger partial charge in [0.15, 0.2) is 0 Å². The molecule has 2 N–H and O–H groups in total. The van der Waals surface area contributed by atoms with Gasteiger partial charge in [0.25, 0.3) is 0 Å². The van der Waals surface area contributed by atoms with Crippen molar-refractivity contribution in [3.8, 4) is 11.4 Å². The Morgan fingerprint density at radius 1 is 1.05 bits per heavy atom. The van der Waals surface area contributed by atoms with E-state index in [1.165, 1.54) is 0 Å². The highest BCUT2D eigenvalue weighted by atomic mass is 35.5. The average Bonchev–Trinajstić information content (AvgIpc) is 2.82. The van der Waals surface area contributed by atoms with Crippen molar-refractivity contribution in [2.45, 2.75) is 19.9 Å². The van der Waals surface area contributed by atoms with E-state index in [0.29, 0.717) is 15.7 Å². The Bertz CT molecular complexity index is 822. The molecule has 0 atom stereocenters. The van der Waals surface area contributed by atoms with Crippen LogP contribution in [0.15, 0.2) is 36.4 Å². The van der Waals surface area contributed by atoms with Gasteiger partial charge in [0.05, 0.1) is 26.8 Å². The molecule has 3 aromatic rings. The summed E-state index contributed by atoms with van der Waals surface area (Å²) in [5, 5.41) is 1.21. The van der Waals surface area contributed by atoms with Crippen molar-refractivity contribution in [2.75, 3.05) is 5.73 Å². The van der Waals surface area contributed by atoms with E-state index in [1.54, 1.807) is 6.07 Å². The van der Waals surface area contributed by atoms with Gasteiger partial charge in [-0.05, 0) is 38.1 Å². The molecule has 0 saturated heterocycles. The number of hydrogen-bond acceptors (Lipinski definition) is 2. The van der Waals surface area contributed by atoms with Crippen molar-refractivity contribution < 1.29 is 0 Å². The van der Waals surface area contributed by atoms with E-state index in [2.05, 4.69) is 18.4 Å². The Hall–Kier alpha value is -1.71. The van der Waals surface area contributed by atoms with Gasteiger partial charge in [-0.15, -0.1) is 0 Å². The maximum Gasteiger partial charge on any atom is 0.143 e. The van der Waals surface area contributed by atoms with Crippen LogP contribution in [0.25, 0.3) is 22.4 Å². The smallest absolute Gasteiger partial charge is 0.143 e. The van der Waals surface area contributed by atoms with Gasteiger partial charge in [0.2, 0.25) is 0 Å². The Balaban J connectivity index is 2.40. The van der Waals surface area contributed by atoms with Crippen molar-refractivity contribution in [3.63, 3.8) is 0 Å². The monoisotopic (exact) mass is 319 g/mol. The molecule has 0 saturated carbocycles. The summed E-state index contributed by atoms with van der Waals surface area (Å²) in [6.45, 7) is 4.18. The number of nitrogen functional groups attached to an aromatic ring is 1. The summed E-state index contributed by atoms with van der Waals surface area (Å²) in [6.07, 6.45) is 0. The number of para-hydroxylation sites is 2. The van der Waals surface area contributed by atoms with E-state index in [-0.39, 0.29) is 6.04 Å². The minimum absolute atomic E-state index is 0.197. The molecule has 3 rings (SSSR count). The summed E-state index contributed by atoms with van der Waals surface area (Å²) in [4.78, 5) is 4.71. The molecule has 21 heavy (non-hydrogen) atoms. The SMILES string of the molecule is CC(C)n1c(-c2cccc(Cl)c2N)nc2cccc(Cl)c21. The quantitative estimate of drug-likeness (QED) is 0.662. The number of halogens is 2. The molecular weight excluding hydrogens is 305 g/mol. The molecule has 0 bridgehead atoms. The topological polar surface area (TPSA) is 43.8 Å².